The highest BCUT2D eigenvalue weighted by molar-refractivity contribution is 6.00. The molecule has 0 aliphatic carbocycles. The Morgan fingerprint density at radius 1 is 1.35 bits per heavy atom. The summed E-state index contributed by atoms with van der Waals surface area (Å²) in [7, 11) is 1.71. The average Bonchev–Trinajstić information content (AvgIpc) is 3.07. The number of nitrogens with two attached hydrogens (primary N) is 1. The van der Waals surface area contributed by atoms with E-state index in [1.165, 1.54) is 0 Å². The van der Waals surface area contributed by atoms with E-state index in [0.717, 1.165) is 5.56 Å². The average molecular weight is 274 g/mol. The first-order valence-electron chi connectivity index (χ1n) is 6.11. The molecule has 1 amide bonds. The van der Waals surface area contributed by atoms with Crippen LogP contribution in [0.4, 0.5) is 5.69 Å². The molecule has 0 fully saturated rings. The number of rotatable bonds is 3. The van der Waals surface area contributed by atoms with Crippen molar-refractivity contribution in [3.63, 3.8) is 0 Å². The van der Waals surface area contributed by atoms with Crippen LogP contribution in [0, 0.1) is 0 Å². The Morgan fingerprint density at radius 2 is 2.10 bits per heavy atom. The zero-order valence-electron chi connectivity index (χ0n) is 11.0. The second kappa shape index (κ2) is 4.80. The van der Waals surface area contributed by atoms with Gasteiger partial charge in [0.1, 0.15) is 0 Å². The van der Waals surface area contributed by atoms with Gasteiger partial charge in [0.15, 0.2) is 11.5 Å². The lowest BCUT2D eigenvalue weighted by atomic mass is 10.1. The maximum absolute atomic E-state index is 12.4. The van der Waals surface area contributed by atoms with Gasteiger partial charge in [-0.2, -0.15) is 0 Å². The van der Waals surface area contributed by atoms with Gasteiger partial charge in [0.2, 0.25) is 6.79 Å². The standard InChI is InChI=1S/C14H14N2O4/c1-16(6-9-2-3-18-7-9)14(17)10-4-12-13(5-11(10)15)20-8-19-12/h2-5,7H,6,8,15H2,1H3. The molecule has 0 saturated carbocycles. The van der Waals surface area contributed by atoms with Crippen molar-refractivity contribution in [1.82, 2.24) is 4.90 Å². The van der Waals surface area contributed by atoms with Crippen LogP contribution >= 0.6 is 0 Å². The monoisotopic (exact) mass is 274 g/mol. The maximum Gasteiger partial charge on any atom is 0.256 e. The number of nitrogen functional groups attached to an aromatic ring is 1. The highest BCUT2D eigenvalue weighted by atomic mass is 16.7. The molecule has 1 aromatic carbocycles. The lowest BCUT2D eigenvalue weighted by molar-refractivity contribution is 0.0785. The van der Waals surface area contributed by atoms with Crippen molar-refractivity contribution in [3.05, 3.63) is 41.9 Å². The minimum Gasteiger partial charge on any atom is -0.472 e. The summed E-state index contributed by atoms with van der Waals surface area (Å²) >= 11 is 0. The molecule has 2 N–H and O–H groups in total. The number of ether oxygens (including phenoxy) is 2. The van der Waals surface area contributed by atoms with E-state index in [1.807, 2.05) is 6.07 Å². The molecular formula is C14H14N2O4. The molecule has 0 atom stereocenters. The van der Waals surface area contributed by atoms with Crippen LogP contribution in [-0.4, -0.2) is 24.6 Å². The van der Waals surface area contributed by atoms with Crippen LogP contribution in [0.2, 0.25) is 0 Å². The van der Waals surface area contributed by atoms with Gasteiger partial charge in [-0.25, -0.2) is 0 Å². The van der Waals surface area contributed by atoms with Crippen LogP contribution in [-0.2, 0) is 6.54 Å². The summed E-state index contributed by atoms with van der Waals surface area (Å²) < 4.78 is 15.5. The van der Waals surface area contributed by atoms with Gasteiger partial charge >= 0.3 is 0 Å². The van der Waals surface area contributed by atoms with E-state index in [4.69, 9.17) is 19.6 Å². The van der Waals surface area contributed by atoms with E-state index in [0.29, 0.717) is 29.3 Å². The summed E-state index contributed by atoms with van der Waals surface area (Å²) in [5.74, 6) is 0.929. The third-order valence-corrected chi connectivity index (χ3v) is 3.12. The molecule has 0 spiro atoms. The minimum absolute atomic E-state index is 0.150. The molecule has 1 aliphatic rings. The molecule has 3 rings (SSSR count). The SMILES string of the molecule is CN(Cc1ccoc1)C(=O)c1cc2c(cc1N)OCO2. The van der Waals surface area contributed by atoms with Crippen molar-refractivity contribution >= 4 is 11.6 Å². The Labute approximate surface area is 115 Å². The molecule has 0 saturated heterocycles. The summed E-state index contributed by atoms with van der Waals surface area (Å²) in [6.45, 7) is 0.598. The zero-order valence-corrected chi connectivity index (χ0v) is 11.0. The van der Waals surface area contributed by atoms with Gasteiger partial charge in [0.25, 0.3) is 5.91 Å². The third-order valence-electron chi connectivity index (χ3n) is 3.12. The second-order valence-electron chi connectivity index (χ2n) is 4.59. The Morgan fingerprint density at radius 3 is 2.80 bits per heavy atom. The van der Waals surface area contributed by atoms with Gasteiger partial charge in [0.05, 0.1) is 18.1 Å². The first-order valence-corrected chi connectivity index (χ1v) is 6.11. The summed E-state index contributed by atoms with van der Waals surface area (Å²) in [5, 5.41) is 0. The van der Waals surface area contributed by atoms with Crippen LogP contribution in [0.15, 0.2) is 35.1 Å². The number of anilines is 1. The zero-order chi connectivity index (χ0) is 14.1. The van der Waals surface area contributed by atoms with Crippen molar-refractivity contribution in [2.75, 3.05) is 19.6 Å². The van der Waals surface area contributed by atoms with E-state index >= 15 is 0 Å². The Hall–Kier alpha value is -2.63. The Balaban J connectivity index is 1.83. The number of benzene rings is 1. The maximum atomic E-state index is 12.4. The number of amides is 1. The van der Waals surface area contributed by atoms with Crippen molar-refractivity contribution in [3.8, 4) is 11.5 Å². The van der Waals surface area contributed by atoms with Crippen LogP contribution in [0.25, 0.3) is 0 Å². The van der Waals surface area contributed by atoms with Crippen LogP contribution < -0.4 is 15.2 Å². The fourth-order valence-electron chi connectivity index (χ4n) is 2.08. The van der Waals surface area contributed by atoms with Gasteiger partial charge in [0, 0.05) is 30.9 Å². The van der Waals surface area contributed by atoms with Crippen LogP contribution in [0.5, 0.6) is 11.5 Å². The molecule has 0 unspecified atom stereocenters. The number of hydrogen-bond donors (Lipinski definition) is 1. The molecular weight excluding hydrogens is 260 g/mol. The molecule has 0 bridgehead atoms. The van der Waals surface area contributed by atoms with E-state index in [9.17, 15) is 4.79 Å². The number of furan rings is 1. The Bertz CT molecular complexity index is 637. The molecule has 20 heavy (non-hydrogen) atoms. The molecule has 2 heterocycles. The molecule has 1 aromatic heterocycles. The molecule has 2 aromatic rings. The predicted molar refractivity (Wildman–Crippen MR) is 71.5 cm³/mol. The van der Waals surface area contributed by atoms with Crippen LogP contribution in [0.1, 0.15) is 15.9 Å². The second-order valence-corrected chi connectivity index (χ2v) is 4.59. The van der Waals surface area contributed by atoms with Crippen molar-refractivity contribution in [1.29, 1.82) is 0 Å². The fraction of sp³-hybridized carbons (Fsp3) is 0.214. The number of carbonyl (C=O) groups is 1. The number of fused-ring (bicyclic) bond motifs is 1. The normalized spacial score (nSPS) is 12.4. The fourth-order valence-corrected chi connectivity index (χ4v) is 2.08. The summed E-state index contributed by atoms with van der Waals surface area (Å²) in [5.41, 5.74) is 7.60. The quantitative estimate of drug-likeness (QED) is 0.864. The first-order chi connectivity index (χ1) is 9.65. The van der Waals surface area contributed by atoms with Gasteiger partial charge < -0.3 is 24.5 Å². The first kappa shape index (κ1) is 12.4. The number of carbonyl (C=O) groups excluding carboxylic acids is 1. The summed E-state index contributed by atoms with van der Waals surface area (Å²) in [4.78, 5) is 14.0. The van der Waals surface area contributed by atoms with E-state index < -0.39 is 0 Å². The highest BCUT2D eigenvalue weighted by Crippen LogP contribution is 2.36. The van der Waals surface area contributed by atoms with Gasteiger partial charge in [-0.1, -0.05) is 0 Å². The molecule has 1 aliphatic heterocycles. The van der Waals surface area contributed by atoms with Crippen molar-refractivity contribution in [2.24, 2.45) is 0 Å². The topological polar surface area (TPSA) is 77.9 Å². The van der Waals surface area contributed by atoms with Crippen molar-refractivity contribution in [2.45, 2.75) is 6.54 Å². The highest BCUT2D eigenvalue weighted by Gasteiger charge is 2.21. The summed E-state index contributed by atoms with van der Waals surface area (Å²) in [6.07, 6.45) is 3.18. The number of nitrogens with zero attached hydrogens (tertiary/aromatic N) is 1. The summed E-state index contributed by atoms with van der Waals surface area (Å²) in [6, 6.07) is 5.04. The van der Waals surface area contributed by atoms with Gasteiger partial charge in [-0.15, -0.1) is 0 Å². The number of hydrogen-bond acceptors (Lipinski definition) is 5. The van der Waals surface area contributed by atoms with E-state index in [2.05, 4.69) is 0 Å². The molecule has 6 heteroatoms. The molecule has 104 valence electrons. The predicted octanol–water partition coefficient (Wildman–Crippen LogP) is 1.86. The van der Waals surface area contributed by atoms with E-state index in [-0.39, 0.29) is 12.7 Å². The minimum atomic E-state index is -0.179. The van der Waals surface area contributed by atoms with Crippen LogP contribution in [0.3, 0.4) is 0 Å². The van der Waals surface area contributed by atoms with Gasteiger partial charge in [-0.3, -0.25) is 4.79 Å². The van der Waals surface area contributed by atoms with E-state index in [1.54, 1.807) is 36.6 Å². The van der Waals surface area contributed by atoms with Gasteiger partial charge in [-0.05, 0) is 12.1 Å². The van der Waals surface area contributed by atoms with Crippen molar-refractivity contribution < 1.29 is 18.7 Å². The largest absolute Gasteiger partial charge is 0.472 e. The molecule has 6 nitrogen and oxygen atoms in total. The molecule has 0 radical (unpaired) electrons. The third kappa shape index (κ3) is 2.16. The lowest BCUT2D eigenvalue weighted by Gasteiger charge is -2.17. The lowest BCUT2D eigenvalue weighted by Crippen LogP contribution is -2.26. The Kier molecular flexibility index (Phi) is 2.98. The smallest absolute Gasteiger partial charge is 0.256 e.